The minimum Gasteiger partial charge on any atom is -0.391 e. The summed E-state index contributed by atoms with van der Waals surface area (Å²) < 4.78 is 24.6. The molecule has 0 aromatic rings. The van der Waals surface area contributed by atoms with Gasteiger partial charge in [0.2, 0.25) is 15.9 Å². The Morgan fingerprint density at radius 3 is 2.50 bits per heavy atom. The normalized spacial score (nSPS) is 24.8. The van der Waals surface area contributed by atoms with Crippen molar-refractivity contribution >= 4 is 15.9 Å². The fourth-order valence-corrected chi connectivity index (χ4v) is 2.46. The lowest BCUT2D eigenvalue weighted by molar-refractivity contribution is -0.133. The van der Waals surface area contributed by atoms with E-state index in [1.165, 1.54) is 11.9 Å². The van der Waals surface area contributed by atoms with Gasteiger partial charge in [-0.25, -0.2) is 13.1 Å². The molecule has 6 nitrogen and oxygen atoms in total. The number of nitrogens with zero attached hydrogens (tertiary/aromatic N) is 1. The van der Waals surface area contributed by atoms with Crippen molar-refractivity contribution in [2.75, 3.05) is 19.3 Å². The maximum absolute atomic E-state index is 11.8. The zero-order valence-corrected chi connectivity index (χ0v) is 10.5. The van der Waals surface area contributed by atoms with Crippen LogP contribution < -0.4 is 4.72 Å². The quantitative estimate of drug-likeness (QED) is 0.666. The molecule has 7 heteroatoms. The zero-order chi connectivity index (χ0) is 12.6. The number of hydrogen-bond donors (Lipinski definition) is 2. The molecule has 1 fully saturated rings. The second-order valence-electron chi connectivity index (χ2n) is 4.47. The van der Waals surface area contributed by atoms with E-state index >= 15 is 0 Å². The van der Waals surface area contributed by atoms with Gasteiger partial charge in [0.1, 0.15) is 5.75 Å². The van der Waals surface area contributed by atoms with Crippen LogP contribution in [0.1, 0.15) is 20.3 Å². The third kappa shape index (κ3) is 2.53. The highest BCUT2D eigenvalue weighted by Gasteiger charge is 2.43. The summed E-state index contributed by atoms with van der Waals surface area (Å²) in [4.78, 5) is 13.2. The highest BCUT2D eigenvalue weighted by atomic mass is 32.2. The summed E-state index contributed by atoms with van der Waals surface area (Å²) in [5.74, 6) is -1.05. The molecule has 0 spiro atoms. The minimum absolute atomic E-state index is 0.395. The first-order chi connectivity index (χ1) is 7.20. The summed E-state index contributed by atoms with van der Waals surface area (Å²) in [6, 6.07) is 0. The molecule has 0 bridgehead atoms. The lowest BCUT2D eigenvalue weighted by Gasteiger charge is -2.33. The number of hydrogen-bond acceptors (Lipinski definition) is 4. The largest absolute Gasteiger partial charge is 0.391 e. The molecule has 1 amide bonds. The Kier molecular flexibility index (Phi) is 3.61. The Bertz CT molecular complexity index is 377. The van der Waals surface area contributed by atoms with Crippen molar-refractivity contribution in [3.05, 3.63) is 0 Å². The van der Waals surface area contributed by atoms with Crippen molar-refractivity contribution in [3.8, 4) is 0 Å². The first-order valence-electron chi connectivity index (χ1n) is 5.10. The molecule has 0 aromatic carbocycles. The molecule has 1 atom stereocenters. The van der Waals surface area contributed by atoms with Gasteiger partial charge in [-0.2, -0.15) is 0 Å². The van der Waals surface area contributed by atoms with Crippen molar-refractivity contribution in [1.29, 1.82) is 0 Å². The number of nitrogens with one attached hydrogen (secondary N) is 1. The molecule has 1 unspecified atom stereocenters. The standard InChI is InChI=1S/C9H18N2O4S/c1-9(2)7(12)4-5-11(9)8(13)6-16(14,15)10-3/h7,10,12H,4-6H2,1-3H3. The van der Waals surface area contributed by atoms with Gasteiger partial charge < -0.3 is 10.0 Å². The van der Waals surface area contributed by atoms with Gasteiger partial charge in [0.15, 0.2) is 0 Å². The zero-order valence-electron chi connectivity index (χ0n) is 9.73. The van der Waals surface area contributed by atoms with Crippen LogP contribution in [0.4, 0.5) is 0 Å². The lowest BCUT2D eigenvalue weighted by Crippen LogP contribution is -2.50. The molecule has 0 radical (unpaired) electrons. The number of rotatable bonds is 3. The Hall–Kier alpha value is -0.660. The highest BCUT2D eigenvalue weighted by molar-refractivity contribution is 7.90. The van der Waals surface area contributed by atoms with Crippen LogP contribution in [0.25, 0.3) is 0 Å². The first kappa shape index (κ1) is 13.4. The maximum Gasteiger partial charge on any atom is 0.239 e. The Labute approximate surface area is 95.7 Å². The summed E-state index contributed by atoms with van der Waals surface area (Å²) in [6.07, 6.45) is -0.119. The maximum atomic E-state index is 11.8. The summed E-state index contributed by atoms with van der Waals surface area (Å²) in [7, 11) is -2.28. The number of carbonyl (C=O) groups is 1. The number of sulfonamides is 1. The lowest BCUT2D eigenvalue weighted by atomic mass is 9.99. The molecule has 16 heavy (non-hydrogen) atoms. The van der Waals surface area contributed by atoms with Crippen molar-refractivity contribution < 1.29 is 18.3 Å². The van der Waals surface area contributed by atoms with E-state index in [4.69, 9.17) is 0 Å². The SMILES string of the molecule is CNS(=O)(=O)CC(=O)N1CCC(O)C1(C)C. The van der Waals surface area contributed by atoms with Crippen LogP contribution in [-0.4, -0.2) is 55.3 Å². The average Bonchev–Trinajstić information content (AvgIpc) is 2.41. The molecule has 2 N–H and O–H groups in total. The van der Waals surface area contributed by atoms with Crippen molar-refractivity contribution in [2.24, 2.45) is 0 Å². The Balaban J connectivity index is 2.77. The summed E-state index contributed by atoms with van der Waals surface area (Å²) in [5, 5.41) is 9.67. The number of aliphatic hydroxyl groups is 1. The van der Waals surface area contributed by atoms with E-state index in [0.717, 1.165) is 0 Å². The van der Waals surface area contributed by atoms with Gasteiger partial charge >= 0.3 is 0 Å². The number of likely N-dealkylation sites (tertiary alicyclic amines) is 1. The predicted molar refractivity (Wildman–Crippen MR) is 59.3 cm³/mol. The molecule has 0 saturated carbocycles. The molecule has 1 saturated heterocycles. The Morgan fingerprint density at radius 2 is 2.12 bits per heavy atom. The molecule has 1 aliphatic heterocycles. The monoisotopic (exact) mass is 250 g/mol. The molecule has 0 aliphatic carbocycles. The average molecular weight is 250 g/mol. The molecular formula is C9H18N2O4S. The second-order valence-corrected chi connectivity index (χ2v) is 6.39. The van der Waals surface area contributed by atoms with Crippen molar-refractivity contribution in [2.45, 2.75) is 31.9 Å². The molecule has 0 aromatic heterocycles. The van der Waals surface area contributed by atoms with Crippen LogP contribution in [0.15, 0.2) is 0 Å². The van der Waals surface area contributed by atoms with Crippen LogP contribution in [0.3, 0.4) is 0 Å². The van der Waals surface area contributed by atoms with E-state index in [1.54, 1.807) is 13.8 Å². The first-order valence-corrected chi connectivity index (χ1v) is 6.75. The number of aliphatic hydroxyl groups excluding tert-OH is 1. The molecule has 1 aliphatic rings. The van der Waals surface area contributed by atoms with Gasteiger partial charge in [-0.3, -0.25) is 4.79 Å². The number of amides is 1. The molecule has 1 rings (SSSR count). The van der Waals surface area contributed by atoms with E-state index in [9.17, 15) is 18.3 Å². The fourth-order valence-electron chi connectivity index (χ4n) is 1.83. The fraction of sp³-hybridized carbons (Fsp3) is 0.889. The molecule has 94 valence electrons. The number of carbonyl (C=O) groups excluding carboxylic acids is 1. The van der Waals surface area contributed by atoms with E-state index < -0.39 is 33.3 Å². The highest BCUT2D eigenvalue weighted by Crippen LogP contribution is 2.28. The second kappa shape index (κ2) is 4.31. The third-order valence-corrected chi connectivity index (χ3v) is 4.31. The van der Waals surface area contributed by atoms with E-state index in [1.807, 2.05) is 0 Å². The van der Waals surface area contributed by atoms with E-state index in [-0.39, 0.29) is 0 Å². The van der Waals surface area contributed by atoms with Gasteiger partial charge in [-0.1, -0.05) is 0 Å². The minimum atomic E-state index is -3.55. The van der Waals surface area contributed by atoms with Crippen LogP contribution >= 0.6 is 0 Å². The third-order valence-electron chi connectivity index (χ3n) is 3.06. The Morgan fingerprint density at radius 1 is 1.56 bits per heavy atom. The van der Waals surface area contributed by atoms with E-state index in [2.05, 4.69) is 4.72 Å². The van der Waals surface area contributed by atoms with Crippen molar-refractivity contribution in [3.63, 3.8) is 0 Å². The summed E-state index contributed by atoms with van der Waals surface area (Å²) in [5.41, 5.74) is -0.694. The summed E-state index contributed by atoms with van der Waals surface area (Å²) >= 11 is 0. The van der Waals surface area contributed by atoms with Crippen LogP contribution in [0, 0.1) is 0 Å². The van der Waals surface area contributed by atoms with Gasteiger partial charge in [0.05, 0.1) is 11.6 Å². The topological polar surface area (TPSA) is 86.7 Å². The van der Waals surface area contributed by atoms with Gasteiger partial charge in [0.25, 0.3) is 0 Å². The molecular weight excluding hydrogens is 232 g/mol. The predicted octanol–water partition coefficient (Wildman–Crippen LogP) is -1.09. The van der Waals surface area contributed by atoms with Crippen LogP contribution in [0.2, 0.25) is 0 Å². The van der Waals surface area contributed by atoms with Crippen molar-refractivity contribution in [1.82, 2.24) is 9.62 Å². The van der Waals surface area contributed by atoms with E-state index in [0.29, 0.717) is 13.0 Å². The summed E-state index contributed by atoms with van der Waals surface area (Å²) in [6.45, 7) is 3.86. The van der Waals surface area contributed by atoms with Crippen LogP contribution in [0.5, 0.6) is 0 Å². The van der Waals surface area contributed by atoms with Gasteiger partial charge in [0, 0.05) is 6.54 Å². The van der Waals surface area contributed by atoms with Gasteiger partial charge in [-0.15, -0.1) is 0 Å². The van der Waals surface area contributed by atoms with Crippen LogP contribution in [-0.2, 0) is 14.8 Å². The smallest absolute Gasteiger partial charge is 0.239 e. The van der Waals surface area contributed by atoms with Gasteiger partial charge in [-0.05, 0) is 27.3 Å². The molecule has 1 heterocycles.